The lowest BCUT2D eigenvalue weighted by atomic mass is 10.2. The van der Waals surface area contributed by atoms with E-state index in [1.165, 1.54) is 25.3 Å². The van der Waals surface area contributed by atoms with Gasteiger partial charge in [-0.25, -0.2) is 0 Å². The summed E-state index contributed by atoms with van der Waals surface area (Å²) in [6, 6.07) is 4.21. The van der Waals surface area contributed by atoms with Crippen LogP contribution in [0.3, 0.4) is 0 Å². The number of thiocarbonyl (C=S) groups is 1. The minimum atomic E-state index is -1.88. The van der Waals surface area contributed by atoms with Crippen molar-refractivity contribution in [3.63, 3.8) is 0 Å². The smallest absolute Gasteiger partial charge is 0.312 e. The second-order valence-electron chi connectivity index (χ2n) is 5.74. The zero-order valence-corrected chi connectivity index (χ0v) is 18.3. The Labute approximate surface area is 183 Å². The average Bonchev–Trinajstić information content (AvgIpc) is 2.60. The fourth-order valence-electron chi connectivity index (χ4n) is 2.18. The van der Waals surface area contributed by atoms with Gasteiger partial charge in [0, 0.05) is 18.2 Å². The maximum absolute atomic E-state index is 12.0. The van der Waals surface area contributed by atoms with Gasteiger partial charge in [0.15, 0.2) is 10.9 Å². The first-order chi connectivity index (χ1) is 13.1. The molecule has 3 N–H and O–H groups in total. The van der Waals surface area contributed by atoms with Crippen LogP contribution >= 0.6 is 47.0 Å². The van der Waals surface area contributed by atoms with Crippen molar-refractivity contribution in [3.05, 3.63) is 28.3 Å². The molecule has 0 saturated heterocycles. The number of carbonyl (C=O) groups is 1. The number of methoxy groups -OCH3 is 1. The molecule has 8 nitrogen and oxygen atoms in total. The number of carbonyl (C=O) groups excluding carboxylic acids is 1. The van der Waals surface area contributed by atoms with Crippen LogP contribution in [0.2, 0.25) is 0 Å². The number of rotatable bonds is 9. The summed E-state index contributed by atoms with van der Waals surface area (Å²) in [5, 5.41) is 19.1. The highest BCUT2D eigenvalue weighted by Crippen LogP contribution is 2.31. The largest absolute Gasteiger partial charge is 0.490 e. The van der Waals surface area contributed by atoms with E-state index in [-0.39, 0.29) is 28.9 Å². The minimum Gasteiger partial charge on any atom is -0.490 e. The van der Waals surface area contributed by atoms with E-state index in [1.807, 2.05) is 6.92 Å². The van der Waals surface area contributed by atoms with Crippen LogP contribution in [-0.4, -0.2) is 33.0 Å². The Kier molecular flexibility index (Phi) is 10.0. The minimum absolute atomic E-state index is 0.00430. The summed E-state index contributed by atoms with van der Waals surface area (Å²) in [4.78, 5) is 22.5. The van der Waals surface area contributed by atoms with Crippen LogP contribution in [0.4, 0.5) is 11.4 Å². The third-order valence-electron chi connectivity index (χ3n) is 3.55. The Morgan fingerprint density at radius 1 is 1.32 bits per heavy atom. The molecule has 1 aromatic carbocycles. The van der Waals surface area contributed by atoms with Gasteiger partial charge in [-0.05, 0) is 30.8 Å². The number of unbranched alkanes of at least 4 members (excludes halogenated alkanes) is 2. The van der Waals surface area contributed by atoms with Crippen molar-refractivity contribution in [2.24, 2.45) is 0 Å². The Bertz CT molecular complexity index is 716. The predicted molar refractivity (Wildman–Crippen MR) is 115 cm³/mol. The molecule has 28 heavy (non-hydrogen) atoms. The van der Waals surface area contributed by atoms with Crippen LogP contribution in [0.5, 0.6) is 5.75 Å². The molecular formula is C16H21Cl3N4O4S. The van der Waals surface area contributed by atoms with Gasteiger partial charge in [0.05, 0.1) is 12.0 Å². The van der Waals surface area contributed by atoms with Crippen LogP contribution in [0.25, 0.3) is 0 Å². The van der Waals surface area contributed by atoms with E-state index in [0.717, 1.165) is 12.8 Å². The molecule has 0 aliphatic heterocycles. The molecule has 0 saturated carbocycles. The number of ether oxygens (including phenoxy) is 1. The lowest BCUT2D eigenvalue weighted by Gasteiger charge is -2.27. The maximum Gasteiger partial charge on any atom is 0.312 e. The van der Waals surface area contributed by atoms with Crippen LogP contribution in [-0.2, 0) is 4.79 Å². The highest BCUT2D eigenvalue weighted by molar-refractivity contribution is 7.80. The fraction of sp³-hybridized carbons (Fsp3) is 0.500. The van der Waals surface area contributed by atoms with Gasteiger partial charge in [-0.3, -0.25) is 14.9 Å². The molecule has 0 bridgehead atoms. The summed E-state index contributed by atoms with van der Waals surface area (Å²) >= 11 is 22.9. The Morgan fingerprint density at radius 3 is 2.54 bits per heavy atom. The van der Waals surface area contributed by atoms with Gasteiger partial charge in [-0.1, -0.05) is 54.6 Å². The van der Waals surface area contributed by atoms with E-state index >= 15 is 0 Å². The van der Waals surface area contributed by atoms with Gasteiger partial charge in [-0.15, -0.1) is 0 Å². The van der Waals surface area contributed by atoms with Crippen LogP contribution in [0.15, 0.2) is 18.2 Å². The fourth-order valence-corrected chi connectivity index (χ4v) is 2.74. The van der Waals surface area contributed by atoms with E-state index in [0.29, 0.717) is 12.1 Å². The first-order valence-electron chi connectivity index (χ1n) is 8.34. The normalized spacial score (nSPS) is 12.0. The second kappa shape index (κ2) is 11.5. The second-order valence-corrected chi connectivity index (χ2v) is 8.52. The molecule has 1 atom stereocenters. The van der Waals surface area contributed by atoms with Crippen LogP contribution in [0, 0.1) is 10.1 Å². The third kappa shape index (κ3) is 8.22. The number of nitrogens with one attached hydrogen (secondary N) is 3. The van der Waals surface area contributed by atoms with E-state index in [1.54, 1.807) is 0 Å². The molecule has 0 aromatic heterocycles. The number of halogens is 3. The lowest BCUT2D eigenvalue weighted by molar-refractivity contribution is -0.385. The summed E-state index contributed by atoms with van der Waals surface area (Å²) in [7, 11) is 1.33. The van der Waals surface area contributed by atoms with Crippen molar-refractivity contribution in [2.45, 2.75) is 42.6 Å². The molecule has 156 valence electrons. The van der Waals surface area contributed by atoms with Gasteiger partial charge in [-0.2, -0.15) is 0 Å². The van der Waals surface area contributed by atoms with Crippen molar-refractivity contribution >= 4 is 69.4 Å². The quantitative estimate of drug-likeness (QED) is 0.123. The Hall–Kier alpha value is -1.55. The van der Waals surface area contributed by atoms with Crippen LogP contribution < -0.4 is 20.7 Å². The molecule has 0 unspecified atom stereocenters. The lowest BCUT2D eigenvalue weighted by Crippen LogP contribution is -2.56. The number of alkyl halides is 3. The van der Waals surface area contributed by atoms with Gasteiger partial charge < -0.3 is 20.7 Å². The summed E-state index contributed by atoms with van der Waals surface area (Å²) < 4.78 is 3.07. The highest BCUT2D eigenvalue weighted by Gasteiger charge is 2.34. The molecule has 1 amide bonds. The number of nitro benzene ring substituents is 1. The molecule has 0 heterocycles. The maximum atomic E-state index is 12.0. The SMILES string of the molecule is CCCCCC(=O)N[C@H](NC(=S)Nc1ccc(OC)c([N+](=O)[O-])c1)C(Cl)(Cl)Cl. The van der Waals surface area contributed by atoms with Crippen molar-refractivity contribution in [1.29, 1.82) is 0 Å². The predicted octanol–water partition coefficient (Wildman–Crippen LogP) is 4.28. The van der Waals surface area contributed by atoms with Crippen LogP contribution in [0.1, 0.15) is 32.6 Å². The van der Waals surface area contributed by atoms with E-state index in [4.69, 9.17) is 51.8 Å². The number of hydrogen-bond donors (Lipinski definition) is 3. The zero-order chi connectivity index (χ0) is 21.3. The molecule has 0 fully saturated rings. The molecule has 1 aromatic rings. The molecule has 1 rings (SSSR count). The first-order valence-corrected chi connectivity index (χ1v) is 9.88. The number of nitro groups is 1. The number of nitrogens with zero attached hydrogens (tertiary/aromatic N) is 1. The molecule has 0 radical (unpaired) electrons. The molecule has 12 heteroatoms. The zero-order valence-electron chi connectivity index (χ0n) is 15.3. The standard InChI is InChI=1S/C16H21Cl3N4O4S/c1-3-4-5-6-13(24)21-14(16(17,18)19)22-15(28)20-10-7-8-12(27-2)11(9-10)23(25)26/h7-9,14H,3-6H2,1-2H3,(H,21,24)(H2,20,22,28)/t14-/m1/s1. The van der Waals surface area contributed by atoms with Crippen molar-refractivity contribution in [1.82, 2.24) is 10.6 Å². The Balaban J connectivity index is 2.79. The Morgan fingerprint density at radius 2 is 2.00 bits per heavy atom. The molecule has 0 spiro atoms. The first kappa shape index (κ1) is 24.5. The van der Waals surface area contributed by atoms with Crippen molar-refractivity contribution < 1.29 is 14.5 Å². The van der Waals surface area contributed by atoms with Gasteiger partial charge >= 0.3 is 5.69 Å². The number of anilines is 1. The molecule has 0 aliphatic carbocycles. The van der Waals surface area contributed by atoms with Crippen molar-refractivity contribution in [2.75, 3.05) is 12.4 Å². The summed E-state index contributed by atoms with van der Waals surface area (Å²) in [5.41, 5.74) is 0.0831. The van der Waals surface area contributed by atoms with E-state index in [9.17, 15) is 14.9 Å². The van der Waals surface area contributed by atoms with Gasteiger partial charge in [0.25, 0.3) is 0 Å². The van der Waals surface area contributed by atoms with Gasteiger partial charge in [0.1, 0.15) is 6.17 Å². The number of benzene rings is 1. The summed E-state index contributed by atoms with van der Waals surface area (Å²) in [6.07, 6.45) is 1.79. The van der Waals surface area contributed by atoms with E-state index < -0.39 is 14.9 Å². The summed E-state index contributed by atoms with van der Waals surface area (Å²) in [6.45, 7) is 2.02. The third-order valence-corrected chi connectivity index (χ3v) is 4.42. The van der Waals surface area contributed by atoms with Crippen molar-refractivity contribution in [3.8, 4) is 5.75 Å². The van der Waals surface area contributed by atoms with E-state index in [2.05, 4.69) is 16.0 Å². The number of amides is 1. The van der Waals surface area contributed by atoms with Gasteiger partial charge in [0.2, 0.25) is 9.70 Å². The average molecular weight is 472 g/mol. The summed E-state index contributed by atoms with van der Waals surface area (Å²) in [5.74, 6) is -0.187. The molecular weight excluding hydrogens is 451 g/mol. The molecule has 0 aliphatic rings. The number of hydrogen-bond acceptors (Lipinski definition) is 5. The topological polar surface area (TPSA) is 106 Å². The monoisotopic (exact) mass is 470 g/mol. The highest BCUT2D eigenvalue weighted by atomic mass is 35.6.